The van der Waals surface area contributed by atoms with Gasteiger partial charge in [0, 0.05) is 17.2 Å². The molecule has 0 aromatic heterocycles. The molecule has 6 nitrogen and oxygen atoms in total. The predicted molar refractivity (Wildman–Crippen MR) is 91.3 cm³/mol. The lowest BCUT2D eigenvalue weighted by molar-refractivity contribution is -0.385. The maximum atomic E-state index is 12.4. The number of ether oxygens (including phenoxy) is 1. The van der Waals surface area contributed by atoms with E-state index >= 15 is 0 Å². The molecule has 0 aliphatic carbocycles. The van der Waals surface area contributed by atoms with Crippen molar-refractivity contribution in [1.82, 2.24) is 5.32 Å². The van der Waals surface area contributed by atoms with E-state index in [4.69, 9.17) is 4.74 Å². The third-order valence-corrected chi connectivity index (χ3v) is 3.90. The summed E-state index contributed by atoms with van der Waals surface area (Å²) in [4.78, 5) is 23.0. The van der Waals surface area contributed by atoms with Crippen molar-refractivity contribution >= 4 is 11.6 Å². The average Bonchev–Trinajstić information content (AvgIpc) is 2.59. The summed E-state index contributed by atoms with van der Waals surface area (Å²) in [5.41, 5.74) is 1.70. The minimum Gasteiger partial charge on any atom is -0.497 e. The maximum Gasteiger partial charge on any atom is 0.273 e. The van der Waals surface area contributed by atoms with Gasteiger partial charge in [0.05, 0.1) is 18.1 Å². The van der Waals surface area contributed by atoms with E-state index in [2.05, 4.69) is 5.32 Å². The first kappa shape index (κ1) is 17.5. The number of rotatable bonds is 6. The fourth-order valence-electron chi connectivity index (χ4n) is 2.45. The summed E-state index contributed by atoms with van der Waals surface area (Å²) in [6, 6.07) is 11.8. The van der Waals surface area contributed by atoms with Gasteiger partial charge in [0.1, 0.15) is 5.75 Å². The van der Waals surface area contributed by atoms with Crippen LogP contribution in [0.4, 0.5) is 5.69 Å². The van der Waals surface area contributed by atoms with E-state index in [1.165, 1.54) is 6.07 Å². The van der Waals surface area contributed by atoms with Crippen LogP contribution in [0.1, 0.15) is 40.9 Å². The van der Waals surface area contributed by atoms with Crippen molar-refractivity contribution in [3.63, 3.8) is 0 Å². The van der Waals surface area contributed by atoms with Crippen molar-refractivity contribution in [3.05, 3.63) is 69.3 Å². The van der Waals surface area contributed by atoms with Crippen molar-refractivity contribution in [2.75, 3.05) is 7.11 Å². The molecule has 0 saturated heterocycles. The predicted octanol–water partition coefficient (Wildman–Crippen LogP) is 3.79. The van der Waals surface area contributed by atoms with Crippen LogP contribution in [0.3, 0.4) is 0 Å². The number of nitrogens with zero attached hydrogens (tertiary/aromatic N) is 1. The quantitative estimate of drug-likeness (QED) is 0.646. The van der Waals surface area contributed by atoms with Gasteiger partial charge in [0.2, 0.25) is 0 Å². The van der Waals surface area contributed by atoms with Gasteiger partial charge in [-0.3, -0.25) is 14.9 Å². The van der Waals surface area contributed by atoms with Crippen LogP contribution >= 0.6 is 0 Å². The van der Waals surface area contributed by atoms with Crippen molar-refractivity contribution in [2.24, 2.45) is 0 Å². The molecule has 0 aliphatic rings. The molecule has 1 N–H and O–H groups in total. The molecule has 2 aromatic carbocycles. The molecular weight excluding hydrogens is 308 g/mol. The number of carbonyl (C=O) groups excluding carboxylic acids is 1. The van der Waals surface area contributed by atoms with E-state index in [9.17, 15) is 14.9 Å². The molecule has 0 unspecified atom stereocenters. The van der Waals surface area contributed by atoms with Crippen LogP contribution in [-0.4, -0.2) is 17.9 Å². The first-order valence-electron chi connectivity index (χ1n) is 7.66. The second-order valence-corrected chi connectivity index (χ2v) is 5.47. The lowest BCUT2D eigenvalue weighted by Gasteiger charge is -2.18. The molecule has 0 radical (unpaired) electrons. The molecule has 126 valence electrons. The summed E-state index contributed by atoms with van der Waals surface area (Å²) in [7, 11) is 1.60. The van der Waals surface area contributed by atoms with Crippen molar-refractivity contribution < 1.29 is 14.5 Å². The number of nitro benzene ring substituents is 1. The fourth-order valence-corrected chi connectivity index (χ4v) is 2.45. The highest BCUT2D eigenvalue weighted by Crippen LogP contribution is 2.22. The lowest BCUT2D eigenvalue weighted by Crippen LogP contribution is -2.28. The first-order valence-corrected chi connectivity index (χ1v) is 7.66. The fraction of sp³-hybridized carbons (Fsp3) is 0.278. The molecule has 2 aromatic rings. The molecule has 0 fully saturated rings. The van der Waals surface area contributed by atoms with Gasteiger partial charge in [-0.2, -0.15) is 0 Å². The molecule has 6 heteroatoms. The smallest absolute Gasteiger partial charge is 0.273 e. The van der Waals surface area contributed by atoms with E-state index in [1.54, 1.807) is 26.2 Å². The summed E-state index contributed by atoms with van der Waals surface area (Å²) in [5, 5.41) is 13.9. The van der Waals surface area contributed by atoms with Crippen molar-refractivity contribution in [3.8, 4) is 5.75 Å². The Kier molecular flexibility index (Phi) is 5.52. The zero-order chi connectivity index (χ0) is 17.7. The molecule has 1 amide bonds. The second-order valence-electron chi connectivity index (χ2n) is 5.47. The molecule has 0 aliphatic heterocycles. The number of hydrogen-bond donors (Lipinski definition) is 1. The van der Waals surface area contributed by atoms with Gasteiger partial charge in [-0.15, -0.1) is 0 Å². The van der Waals surface area contributed by atoms with Gasteiger partial charge in [-0.1, -0.05) is 25.1 Å². The number of benzene rings is 2. The number of carbonyl (C=O) groups is 1. The van der Waals surface area contributed by atoms with E-state index < -0.39 is 4.92 Å². The Hall–Kier alpha value is -2.89. The van der Waals surface area contributed by atoms with Crippen LogP contribution < -0.4 is 10.1 Å². The summed E-state index contributed by atoms with van der Waals surface area (Å²) in [6.45, 7) is 3.61. The van der Waals surface area contributed by atoms with Crippen molar-refractivity contribution in [1.29, 1.82) is 0 Å². The molecular formula is C18H20N2O4. The van der Waals surface area contributed by atoms with E-state index in [0.29, 0.717) is 12.0 Å². The minimum atomic E-state index is -0.479. The second kappa shape index (κ2) is 7.59. The SMILES string of the molecule is CC[C@H](NC(=O)c1ccc(C)c([N+](=O)[O-])c1)c1ccc(OC)cc1. The topological polar surface area (TPSA) is 81.5 Å². The molecule has 0 saturated carbocycles. The molecule has 0 bridgehead atoms. The first-order chi connectivity index (χ1) is 11.5. The van der Waals surface area contributed by atoms with Gasteiger partial charge in [0.15, 0.2) is 0 Å². The highest BCUT2D eigenvalue weighted by atomic mass is 16.6. The zero-order valence-electron chi connectivity index (χ0n) is 13.9. The van der Waals surface area contributed by atoms with Gasteiger partial charge in [0.25, 0.3) is 11.6 Å². The monoisotopic (exact) mass is 328 g/mol. The number of aryl methyl sites for hydroxylation is 1. The number of nitrogens with one attached hydrogen (secondary N) is 1. The van der Waals surface area contributed by atoms with Crippen LogP contribution in [-0.2, 0) is 0 Å². The Morgan fingerprint density at radius 2 is 1.92 bits per heavy atom. The van der Waals surface area contributed by atoms with Crippen LogP contribution in [0, 0.1) is 17.0 Å². The summed E-state index contributed by atoms with van der Waals surface area (Å²) in [6.07, 6.45) is 0.700. The van der Waals surface area contributed by atoms with E-state index in [1.807, 2.05) is 31.2 Å². The van der Waals surface area contributed by atoms with Crippen LogP contribution in [0.2, 0.25) is 0 Å². The molecule has 0 heterocycles. The molecule has 2 rings (SSSR count). The number of amides is 1. The summed E-state index contributed by atoms with van der Waals surface area (Å²) >= 11 is 0. The third-order valence-electron chi connectivity index (χ3n) is 3.90. The Morgan fingerprint density at radius 3 is 2.46 bits per heavy atom. The summed E-state index contributed by atoms with van der Waals surface area (Å²) in [5.74, 6) is 0.412. The average molecular weight is 328 g/mol. The molecule has 1 atom stereocenters. The Bertz CT molecular complexity index is 741. The number of hydrogen-bond acceptors (Lipinski definition) is 4. The van der Waals surface area contributed by atoms with E-state index in [0.717, 1.165) is 11.3 Å². The van der Waals surface area contributed by atoms with Crippen LogP contribution in [0.5, 0.6) is 5.75 Å². The highest BCUT2D eigenvalue weighted by molar-refractivity contribution is 5.95. The van der Waals surface area contributed by atoms with Gasteiger partial charge in [-0.05, 0) is 37.1 Å². The van der Waals surface area contributed by atoms with Gasteiger partial charge >= 0.3 is 0 Å². The highest BCUT2D eigenvalue weighted by Gasteiger charge is 2.18. The summed E-state index contributed by atoms with van der Waals surface area (Å²) < 4.78 is 5.13. The largest absolute Gasteiger partial charge is 0.497 e. The van der Waals surface area contributed by atoms with Crippen molar-refractivity contribution in [2.45, 2.75) is 26.3 Å². The van der Waals surface area contributed by atoms with Crippen LogP contribution in [0.15, 0.2) is 42.5 Å². The molecule has 0 spiro atoms. The van der Waals surface area contributed by atoms with Gasteiger partial charge < -0.3 is 10.1 Å². The Labute approximate surface area is 140 Å². The Balaban J connectivity index is 2.19. The Morgan fingerprint density at radius 1 is 1.25 bits per heavy atom. The van der Waals surface area contributed by atoms with Crippen LogP contribution in [0.25, 0.3) is 0 Å². The maximum absolute atomic E-state index is 12.4. The molecule has 24 heavy (non-hydrogen) atoms. The number of methoxy groups -OCH3 is 1. The standard InChI is InChI=1S/C18H20N2O4/c1-4-16(13-7-9-15(24-3)10-8-13)19-18(21)14-6-5-12(2)17(11-14)20(22)23/h5-11,16H,4H2,1-3H3,(H,19,21)/t16-/m0/s1. The van der Waals surface area contributed by atoms with E-state index in [-0.39, 0.29) is 23.2 Å². The number of nitro groups is 1. The minimum absolute atomic E-state index is 0.0554. The zero-order valence-corrected chi connectivity index (χ0v) is 13.9. The third kappa shape index (κ3) is 3.90. The van der Waals surface area contributed by atoms with Gasteiger partial charge in [-0.25, -0.2) is 0 Å². The lowest BCUT2D eigenvalue weighted by atomic mass is 10.0. The normalized spacial score (nSPS) is 11.6.